The van der Waals surface area contributed by atoms with Crippen molar-refractivity contribution in [3.63, 3.8) is 0 Å². The Labute approximate surface area is 207 Å². The Morgan fingerprint density at radius 2 is 1.68 bits per heavy atom. The van der Waals surface area contributed by atoms with E-state index in [1.165, 1.54) is 21.9 Å². The molecule has 4 rings (SSSR count). The second kappa shape index (κ2) is 9.97. The molecule has 4 atom stereocenters. The average molecular weight is 479 g/mol. The summed E-state index contributed by atoms with van der Waals surface area (Å²) in [4.78, 5) is 26.5. The van der Waals surface area contributed by atoms with E-state index in [2.05, 4.69) is 57.8 Å². The minimum atomic E-state index is -1.66. The van der Waals surface area contributed by atoms with Gasteiger partial charge in [-0.1, -0.05) is 69.6 Å². The number of carbonyl (C=O) groups is 2. The third kappa shape index (κ3) is 4.89. The molecule has 4 aliphatic rings. The summed E-state index contributed by atoms with van der Waals surface area (Å²) in [6.45, 7) is 11.3. The number of ether oxygens (including phenoxy) is 1. The molecule has 0 N–H and O–H groups in total. The average Bonchev–Trinajstić information content (AvgIpc) is 2.98. The zero-order valence-corrected chi connectivity index (χ0v) is 23.0. The van der Waals surface area contributed by atoms with Gasteiger partial charge < -0.3 is 4.74 Å². The molecular weight excluding hydrogens is 436 g/mol. The molecule has 0 aromatic carbocycles. The minimum absolute atomic E-state index is 0.00588. The molecule has 0 unspecified atom stereocenters. The van der Waals surface area contributed by atoms with E-state index in [1.54, 1.807) is 7.11 Å². The molecule has 184 valence electrons. The Morgan fingerprint density at radius 1 is 0.941 bits per heavy atom. The molecule has 0 radical (unpaired) electrons. The number of allylic oxidation sites excluding steroid dienone is 9. The molecular formula is C30H42O3Si. The van der Waals surface area contributed by atoms with Crippen molar-refractivity contribution in [1.82, 2.24) is 0 Å². The molecule has 0 heterocycles. The highest BCUT2D eigenvalue weighted by Gasteiger charge is 2.46. The monoisotopic (exact) mass is 478 g/mol. The van der Waals surface area contributed by atoms with Crippen molar-refractivity contribution in [2.75, 3.05) is 7.11 Å². The molecule has 0 aromatic rings. The van der Waals surface area contributed by atoms with Gasteiger partial charge in [0.15, 0.2) is 11.6 Å². The van der Waals surface area contributed by atoms with Gasteiger partial charge in [0.05, 0.1) is 15.2 Å². The molecule has 34 heavy (non-hydrogen) atoms. The summed E-state index contributed by atoms with van der Waals surface area (Å²) in [6.07, 6.45) is 16.4. The van der Waals surface area contributed by atoms with Crippen molar-refractivity contribution in [1.29, 1.82) is 0 Å². The fourth-order valence-corrected chi connectivity index (χ4v) is 9.01. The fourth-order valence-electron chi connectivity index (χ4n) is 6.80. The summed E-state index contributed by atoms with van der Waals surface area (Å²) in [5, 5.41) is 1.19. The Kier molecular flexibility index (Phi) is 7.38. The highest BCUT2D eigenvalue weighted by molar-refractivity contribution is 6.87. The lowest BCUT2D eigenvalue weighted by molar-refractivity contribution is -0.118. The molecule has 1 fully saturated rings. The third-order valence-electron chi connectivity index (χ3n) is 8.16. The number of hydrogen-bond acceptors (Lipinski definition) is 3. The number of Topliss-reactive ketones (excluding diaryl/α,β-unsaturated/α-hetero) is 2. The first-order chi connectivity index (χ1) is 16.2. The molecule has 1 saturated carbocycles. The van der Waals surface area contributed by atoms with Crippen LogP contribution in [0.1, 0.15) is 65.2 Å². The predicted octanol–water partition coefficient (Wildman–Crippen LogP) is 7.29. The van der Waals surface area contributed by atoms with Gasteiger partial charge in [0.1, 0.15) is 5.76 Å². The van der Waals surface area contributed by atoms with Gasteiger partial charge in [-0.3, -0.25) is 9.59 Å². The second-order valence-corrected chi connectivity index (χ2v) is 16.8. The van der Waals surface area contributed by atoms with Crippen LogP contribution in [-0.4, -0.2) is 26.8 Å². The maximum Gasteiger partial charge on any atom is 0.159 e. The van der Waals surface area contributed by atoms with Gasteiger partial charge in [0, 0.05) is 24.3 Å². The standard InChI is InChI=1S/C30H42O3Si/c1-7-9-19-11-20(10-8-2)25(18-24(12-19)33-3)27-15-21-13-23-17-29(32)30(34(4,5)6)26(23)14-22(21)16-28(27)31/h11-12,15,18,21-23,25H,7-10,13-14,16-17H2,1-6H3/t21-,22-,23+,25+/m0/s1. The Balaban J connectivity index is 1.69. The van der Waals surface area contributed by atoms with Crippen molar-refractivity contribution in [2.24, 2.45) is 23.7 Å². The van der Waals surface area contributed by atoms with Gasteiger partial charge in [-0.25, -0.2) is 0 Å². The van der Waals surface area contributed by atoms with Crippen LogP contribution in [0.15, 0.2) is 57.6 Å². The van der Waals surface area contributed by atoms with Crippen molar-refractivity contribution < 1.29 is 14.3 Å². The number of ketones is 2. The van der Waals surface area contributed by atoms with Gasteiger partial charge in [0.2, 0.25) is 0 Å². The Morgan fingerprint density at radius 3 is 2.32 bits per heavy atom. The van der Waals surface area contributed by atoms with E-state index in [4.69, 9.17) is 4.74 Å². The van der Waals surface area contributed by atoms with Gasteiger partial charge in [-0.15, -0.1) is 0 Å². The van der Waals surface area contributed by atoms with Crippen LogP contribution in [0.4, 0.5) is 0 Å². The number of hydrogen-bond donors (Lipinski definition) is 0. The van der Waals surface area contributed by atoms with Gasteiger partial charge in [-0.05, 0) is 66.4 Å². The lowest BCUT2D eigenvalue weighted by Crippen LogP contribution is -2.34. The van der Waals surface area contributed by atoms with Crippen molar-refractivity contribution in [3.8, 4) is 0 Å². The number of methoxy groups -OCH3 is 1. The number of fused-ring (bicyclic) bond motifs is 2. The van der Waals surface area contributed by atoms with Gasteiger partial charge >= 0.3 is 0 Å². The summed E-state index contributed by atoms with van der Waals surface area (Å²) in [7, 11) is 0.0615. The van der Waals surface area contributed by atoms with E-state index >= 15 is 0 Å². The number of carbonyl (C=O) groups excluding carboxylic acids is 2. The first-order valence-corrected chi connectivity index (χ1v) is 16.8. The molecule has 3 nitrogen and oxygen atoms in total. The molecule has 0 aliphatic heterocycles. The van der Waals surface area contributed by atoms with Crippen LogP contribution in [0, 0.1) is 23.7 Å². The number of rotatable bonds is 7. The maximum absolute atomic E-state index is 13.6. The van der Waals surface area contributed by atoms with Crippen LogP contribution in [0.2, 0.25) is 19.6 Å². The van der Waals surface area contributed by atoms with Crippen LogP contribution in [0.5, 0.6) is 0 Å². The van der Waals surface area contributed by atoms with E-state index in [-0.39, 0.29) is 11.7 Å². The molecule has 0 saturated heterocycles. The van der Waals surface area contributed by atoms with Crippen molar-refractivity contribution in [3.05, 3.63) is 57.6 Å². The van der Waals surface area contributed by atoms with Crippen LogP contribution in [0.25, 0.3) is 0 Å². The highest BCUT2D eigenvalue weighted by atomic mass is 28.3. The quantitative estimate of drug-likeness (QED) is 0.361. The van der Waals surface area contributed by atoms with Crippen molar-refractivity contribution >= 4 is 19.6 Å². The SMILES string of the molecule is CCCC1=CC(OC)=C[C@@H](C2=C[C@@H]3C[C@@H]4CC(=O)C([Si](C)(C)C)=C4C[C@H]3CC2=O)C(CCC)=C1. The Hall–Kier alpha value is -1.94. The third-order valence-corrected chi connectivity index (χ3v) is 10.3. The first-order valence-electron chi connectivity index (χ1n) is 13.3. The summed E-state index contributed by atoms with van der Waals surface area (Å²) in [5.74, 6) is 2.68. The Bertz CT molecular complexity index is 1010. The van der Waals surface area contributed by atoms with Crippen LogP contribution in [0.3, 0.4) is 0 Å². The lowest BCUT2D eigenvalue weighted by Gasteiger charge is -2.39. The van der Waals surface area contributed by atoms with E-state index in [9.17, 15) is 9.59 Å². The molecule has 4 heteroatoms. The zero-order valence-electron chi connectivity index (χ0n) is 22.0. The topological polar surface area (TPSA) is 43.4 Å². The minimum Gasteiger partial charge on any atom is -0.497 e. The summed E-state index contributed by atoms with van der Waals surface area (Å²) in [5.41, 5.74) is 5.01. The van der Waals surface area contributed by atoms with E-state index in [0.717, 1.165) is 49.9 Å². The summed E-state index contributed by atoms with van der Waals surface area (Å²) < 4.78 is 5.72. The molecule has 0 spiro atoms. The fraction of sp³-hybridized carbons (Fsp3) is 0.600. The second-order valence-electron chi connectivity index (χ2n) is 11.8. The van der Waals surface area contributed by atoms with E-state index < -0.39 is 8.07 Å². The highest BCUT2D eigenvalue weighted by Crippen LogP contribution is 2.51. The van der Waals surface area contributed by atoms with E-state index in [0.29, 0.717) is 36.4 Å². The molecule has 4 aliphatic carbocycles. The summed E-state index contributed by atoms with van der Waals surface area (Å²) in [6, 6.07) is 0. The summed E-state index contributed by atoms with van der Waals surface area (Å²) >= 11 is 0. The largest absolute Gasteiger partial charge is 0.497 e. The first kappa shape index (κ1) is 25.2. The van der Waals surface area contributed by atoms with Gasteiger partial charge in [-0.2, -0.15) is 0 Å². The van der Waals surface area contributed by atoms with E-state index in [1.807, 2.05) is 0 Å². The van der Waals surface area contributed by atoms with Crippen LogP contribution in [-0.2, 0) is 14.3 Å². The smallest absolute Gasteiger partial charge is 0.159 e. The molecule has 0 bridgehead atoms. The lowest BCUT2D eigenvalue weighted by atomic mass is 9.65. The zero-order chi connectivity index (χ0) is 24.6. The predicted molar refractivity (Wildman–Crippen MR) is 142 cm³/mol. The van der Waals surface area contributed by atoms with Gasteiger partial charge in [0.25, 0.3) is 0 Å². The van der Waals surface area contributed by atoms with Crippen molar-refractivity contribution in [2.45, 2.75) is 84.9 Å². The molecule has 0 amide bonds. The van der Waals surface area contributed by atoms with Crippen LogP contribution >= 0.6 is 0 Å². The van der Waals surface area contributed by atoms with Crippen LogP contribution < -0.4 is 0 Å². The normalized spacial score (nSPS) is 29.6. The molecule has 0 aromatic heterocycles. The maximum atomic E-state index is 13.6.